The van der Waals surface area contributed by atoms with Gasteiger partial charge in [-0.1, -0.05) is 23.2 Å². The zero-order chi connectivity index (χ0) is 15.0. The van der Waals surface area contributed by atoms with E-state index < -0.39 is 11.9 Å². The number of anilines is 1. The van der Waals surface area contributed by atoms with Gasteiger partial charge < -0.3 is 5.32 Å². The van der Waals surface area contributed by atoms with Crippen molar-refractivity contribution in [1.82, 2.24) is 4.90 Å². The monoisotopic (exact) mass is 318 g/mol. The second-order valence-electron chi connectivity index (χ2n) is 4.84. The third-order valence-corrected chi connectivity index (χ3v) is 3.62. The van der Waals surface area contributed by atoms with Gasteiger partial charge in [0.25, 0.3) is 5.91 Å². The third kappa shape index (κ3) is 2.74. The van der Waals surface area contributed by atoms with E-state index in [1.54, 1.807) is 13.8 Å². The molecule has 0 radical (unpaired) electrons. The lowest BCUT2D eigenvalue weighted by atomic mass is 10.2. The fourth-order valence-corrected chi connectivity index (χ4v) is 2.73. The van der Waals surface area contributed by atoms with Gasteiger partial charge in [0.05, 0.1) is 22.2 Å². The number of likely N-dealkylation sites (tertiary alicyclic amines) is 1. The third-order valence-electron chi connectivity index (χ3n) is 3.02. The van der Waals surface area contributed by atoms with Crippen LogP contribution >= 0.6 is 23.2 Å². The van der Waals surface area contributed by atoms with Gasteiger partial charge in [-0.05, 0) is 26.0 Å². The Labute approximate surface area is 125 Å². The highest BCUT2D eigenvalue weighted by atomic mass is 35.5. The van der Waals surface area contributed by atoms with E-state index in [0.29, 0.717) is 0 Å². The van der Waals surface area contributed by atoms with Gasteiger partial charge in [-0.25, -0.2) is 4.39 Å². The van der Waals surface area contributed by atoms with Crippen LogP contribution in [0.5, 0.6) is 0 Å². The normalized spacial score (nSPS) is 19.1. The van der Waals surface area contributed by atoms with Crippen LogP contribution in [0.25, 0.3) is 0 Å². The predicted molar refractivity (Wildman–Crippen MR) is 75.4 cm³/mol. The van der Waals surface area contributed by atoms with Crippen molar-refractivity contribution in [2.45, 2.75) is 32.4 Å². The lowest BCUT2D eigenvalue weighted by Gasteiger charge is -2.20. The average Bonchev–Trinajstić information content (AvgIpc) is 2.58. The number of imide groups is 1. The molecule has 7 heteroatoms. The van der Waals surface area contributed by atoms with Gasteiger partial charge in [-0.2, -0.15) is 0 Å². The minimum Gasteiger partial charge on any atom is -0.371 e. The molecule has 1 N–H and O–H groups in total. The van der Waals surface area contributed by atoms with Crippen molar-refractivity contribution in [3.8, 4) is 0 Å². The first-order chi connectivity index (χ1) is 9.31. The molecule has 2 rings (SSSR count). The molecule has 0 aromatic heterocycles. The molecule has 0 bridgehead atoms. The SMILES string of the molecule is CC(C)N1C(=O)CC(Nc2c(Cl)cc(F)cc2Cl)C1=O. The smallest absolute Gasteiger partial charge is 0.252 e. The van der Waals surface area contributed by atoms with E-state index in [2.05, 4.69) is 5.32 Å². The first-order valence-electron chi connectivity index (χ1n) is 6.08. The summed E-state index contributed by atoms with van der Waals surface area (Å²) in [6.07, 6.45) is 0.0288. The molecule has 4 nitrogen and oxygen atoms in total. The first kappa shape index (κ1) is 15.1. The van der Waals surface area contributed by atoms with Crippen LogP contribution in [0.1, 0.15) is 20.3 Å². The molecule has 108 valence electrons. The lowest BCUT2D eigenvalue weighted by Crippen LogP contribution is -2.39. The number of rotatable bonds is 3. The van der Waals surface area contributed by atoms with Gasteiger partial charge in [-0.15, -0.1) is 0 Å². The van der Waals surface area contributed by atoms with E-state index >= 15 is 0 Å². The van der Waals surface area contributed by atoms with Crippen molar-refractivity contribution < 1.29 is 14.0 Å². The molecule has 1 aromatic rings. The Balaban J connectivity index is 2.24. The molecule has 0 spiro atoms. The van der Waals surface area contributed by atoms with Crippen LogP contribution in [0.3, 0.4) is 0 Å². The van der Waals surface area contributed by atoms with Crippen molar-refractivity contribution >= 4 is 40.7 Å². The van der Waals surface area contributed by atoms with Crippen molar-refractivity contribution in [2.24, 2.45) is 0 Å². The fraction of sp³-hybridized carbons (Fsp3) is 0.385. The second-order valence-corrected chi connectivity index (χ2v) is 5.66. The first-order valence-corrected chi connectivity index (χ1v) is 6.84. The number of amides is 2. The van der Waals surface area contributed by atoms with Crippen LogP contribution in [0.2, 0.25) is 10.0 Å². The maximum absolute atomic E-state index is 13.1. The van der Waals surface area contributed by atoms with Crippen LogP contribution in [0.15, 0.2) is 12.1 Å². The molecule has 1 aromatic carbocycles. The van der Waals surface area contributed by atoms with E-state index in [1.807, 2.05) is 0 Å². The van der Waals surface area contributed by atoms with Gasteiger partial charge in [0, 0.05) is 6.04 Å². The standard InChI is InChI=1S/C13H13Cl2FN2O2/c1-6(2)18-11(19)5-10(13(18)20)17-12-8(14)3-7(16)4-9(12)15/h3-4,6,10,17H,5H2,1-2H3. The van der Waals surface area contributed by atoms with Crippen LogP contribution < -0.4 is 5.32 Å². The fourth-order valence-electron chi connectivity index (χ4n) is 2.16. The molecule has 0 aliphatic carbocycles. The van der Waals surface area contributed by atoms with Crippen molar-refractivity contribution in [1.29, 1.82) is 0 Å². The minimum atomic E-state index is -0.731. The number of carbonyl (C=O) groups excluding carboxylic acids is 2. The number of nitrogens with zero attached hydrogens (tertiary/aromatic N) is 1. The second kappa shape index (κ2) is 5.58. The van der Waals surface area contributed by atoms with E-state index in [0.717, 1.165) is 12.1 Å². The summed E-state index contributed by atoms with van der Waals surface area (Å²) in [7, 11) is 0. The molecule has 2 amide bonds. The highest BCUT2D eigenvalue weighted by Gasteiger charge is 2.40. The van der Waals surface area contributed by atoms with Gasteiger partial charge in [0.2, 0.25) is 5.91 Å². The van der Waals surface area contributed by atoms with Crippen LogP contribution in [-0.4, -0.2) is 28.8 Å². The summed E-state index contributed by atoms with van der Waals surface area (Å²) < 4.78 is 13.1. The summed E-state index contributed by atoms with van der Waals surface area (Å²) in [6.45, 7) is 3.52. The lowest BCUT2D eigenvalue weighted by molar-refractivity contribution is -0.140. The summed E-state index contributed by atoms with van der Waals surface area (Å²) in [5.74, 6) is -1.15. The molecule has 1 aliphatic heterocycles. The summed E-state index contributed by atoms with van der Waals surface area (Å²) in [6, 6.07) is 1.25. The maximum atomic E-state index is 13.1. The summed E-state index contributed by atoms with van der Waals surface area (Å²) >= 11 is 11.8. The predicted octanol–water partition coefficient (Wildman–Crippen LogP) is 3.08. The number of carbonyl (C=O) groups is 2. The minimum absolute atomic E-state index is 0.0288. The molecular formula is C13H13Cl2FN2O2. The van der Waals surface area contributed by atoms with Gasteiger partial charge in [-0.3, -0.25) is 14.5 Å². The quantitative estimate of drug-likeness (QED) is 0.871. The van der Waals surface area contributed by atoms with E-state index in [4.69, 9.17) is 23.2 Å². The Morgan fingerprint density at radius 2 is 1.85 bits per heavy atom. The molecule has 1 saturated heterocycles. The van der Waals surface area contributed by atoms with Crippen LogP contribution in [0.4, 0.5) is 10.1 Å². The molecule has 1 heterocycles. The molecule has 1 aliphatic rings. The highest BCUT2D eigenvalue weighted by Crippen LogP contribution is 2.33. The Kier molecular flexibility index (Phi) is 4.20. The summed E-state index contributed by atoms with van der Waals surface area (Å²) in [5.41, 5.74) is 0.256. The maximum Gasteiger partial charge on any atom is 0.252 e. The van der Waals surface area contributed by atoms with Crippen LogP contribution in [0, 0.1) is 5.82 Å². The zero-order valence-corrected chi connectivity index (χ0v) is 12.4. The number of hydrogen-bond donors (Lipinski definition) is 1. The number of nitrogens with one attached hydrogen (secondary N) is 1. The number of halogens is 3. The molecule has 1 atom stereocenters. The molecule has 0 saturated carbocycles. The van der Waals surface area contributed by atoms with E-state index in [-0.39, 0.29) is 40.0 Å². The molecule has 1 unspecified atom stereocenters. The topological polar surface area (TPSA) is 49.4 Å². The van der Waals surface area contributed by atoms with E-state index in [1.165, 1.54) is 4.90 Å². The van der Waals surface area contributed by atoms with Gasteiger partial charge in [0.15, 0.2) is 0 Å². The van der Waals surface area contributed by atoms with Crippen molar-refractivity contribution in [2.75, 3.05) is 5.32 Å². The molecule has 1 fully saturated rings. The van der Waals surface area contributed by atoms with Gasteiger partial charge in [0.1, 0.15) is 11.9 Å². The largest absolute Gasteiger partial charge is 0.371 e. The Morgan fingerprint density at radius 1 is 1.30 bits per heavy atom. The highest BCUT2D eigenvalue weighted by molar-refractivity contribution is 6.39. The Hall–Kier alpha value is -1.33. The molecule has 20 heavy (non-hydrogen) atoms. The zero-order valence-electron chi connectivity index (χ0n) is 10.9. The van der Waals surface area contributed by atoms with E-state index in [9.17, 15) is 14.0 Å². The number of benzene rings is 1. The number of hydrogen-bond acceptors (Lipinski definition) is 3. The Morgan fingerprint density at radius 3 is 2.30 bits per heavy atom. The summed E-state index contributed by atoms with van der Waals surface area (Å²) in [5, 5.41) is 2.96. The Bertz CT molecular complexity index is 554. The molecular weight excluding hydrogens is 306 g/mol. The van der Waals surface area contributed by atoms with Crippen molar-refractivity contribution in [3.05, 3.63) is 28.0 Å². The van der Waals surface area contributed by atoms with Gasteiger partial charge >= 0.3 is 0 Å². The average molecular weight is 319 g/mol. The summed E-state index contributed by atoms with van der Waals surface area (Å²) in [4.78, 5) is 25.1. The van der Waals surface area contributed by atoms with Crippen LogP contribution in [-0.2, 0) is 9.59 Å². The van der Waals surface area contributed by atoms with Crippen molar-refractivity contribution in [3.63, 3.8) is 0 Å².